The molecule has 0 aliphatic heterocycles. The molecule has 0 saturated carbocycles. The zero-order valence-electron chi connectivity index (χ0n) is 18.6. The van der Waals surface area contributed by atoms with Gasteiger partial charge in [-0.1, -0.05) is 54.6 Å². The Morgan fingerprint density at radius 3 is 2.09 bits per heavy atom. The molecule has 0 saturated heterocycles. The molecule has 3 aromatic heterocycles. The van der Waals surface area contributed by atoms with Gasteiger partial charge in [-0.2, -0.15) is 9.78 Å². The number of thiazole rings is 1. The predicted molar refractivity (Wildman–Crippen MR) is 143 cm³/mol. The van der Waals surface area contributed by atoms with E-state index in [1.807, 2.05) is 84.3 Å². The van der Waals surface area contributed by atoms with Crippen LogP contribution in [0.4, 0.5) is 0 Å². The van der Waals surface area contributed by atoms with Gasteiger partial charge in [0.15, 0.2) is 3.95 Å². The van der Waals surface area contributed by atoms with Gasteiger partial charge in [-0.15, -0.1) is 11.3 Å². The summed E-state index contributed by atoms with van der Waals surface area (Å²) in [7, 11) is 0. The van der Waals surface area contributed by atoms with Gasteiger partial charge in [0.05, 0.1) is 22.3 Å². The summed E-state index contributed by atoms with van der Waals surface area (Å²) < 4.78 is 6.09. The first-order valence-electron chi connectivity index (χ1n) is 11.0. The largest absolute Gasteiger partial charge is 0.285 e. The average Bonchev–Trinajstić information content (AvgIpc) is 3.23. The molecule has 0 spiro atoms. The molecular weight excluding hydrogens is 476 g/mol. The van der Waals surface area contributed by atoms with E-state index >= 15 is 0 Å². The Kier molecular flexibility index (Phi) is 5.05. The standard InChI is InChI=1S/C27H18N4O2S2/c1-17-10-8-9-15-21(17)30-24-23(35-27(34)29(24)18-11-4-2-5-12-18)20-16-28-31(19-13-6-3-7-14-19)26(33)22(20)25(30)32/h2-16H,1H3. The van der Waals surface area contributed by atoms with E-state index in [1.165, 1.54) is 16.0 Å². The Balaban J connectivity index is 1.85. The molecule has 0 bridgehead atoms. The quantitative estimate of drug-likeness (QED) is 0.301. The van der Waals surface area contributed by atoms with Crippen LogP contribution < -0.4 is 11.1 Å². The lowest BCUT2D eigenvalue weighted by Crippen LogP contribution is -2.30. The molecule has 0 amide bonds. The van der Waals surface area contributed by atoms with Gasteiger partial charge in [0.1, 0.15) is 11.0 Å². The minimum atomic E-state index is -0.464. The molecule has 6 rings (SSSR count). The highest BCUT2D eigenvalue weighted by molar-refractivity contribution is 7.73. The minimum Gasteiger partial charge on any atom is -0.277 e. The van der Waals surface area contributed by atoms with Crippen LogP contribution in [0.3, 0.4) is 0 Å². The van der Waals surface area contributed by atoms with Gasteiger partial charge in [0, 0.05) is 11.1 Å². The van der Waals surface area contributed by atoms with E-state index in [9.17, 15) is 9.59 Å². The van der Waals surface area contributed by atoms with Gasteiger partial charge >= 0.3 is 0 Å². The van der Waals surface area contributed by atoms with Crippen LogP contribution in [0.1, 0.15) is 5.56 Å². The van der Waals surface area contributed by atoms with Gasteiger partial charge in [-0.05, 0) is 55.0 Å². The van der Waals surface area contributed by atoms with Crippen LogP contribution in [0.5, 0.6) is 0 Å². The predicted octanol–water partition coefficient (Wildman–Crippen LogP) is 5.58. The van der Waals surface area contributed by atoms with Gasteiger partial charge in [-0.25, -0.2) is 0 Å². The minimum absolute atomic E-state index is 0.0797. The van der Waals surface area contributed by atoms with E-state index in [0.29, 0.717) is 26.4 Å². The molecule has 0 aliphatic carbocycles. The average molecular weight is 495 g/mol. The third kappa shape index (κ3) is 3.30. The Morgan fingerprint density at radius 1 is 0.771 bits per heavy atom. The van der Waals surface area contributed by atoms with Gasteiger partial charge < -0.3 is 0 Å². The highest BCUT2D eigenvalue weighted by Gasteiger charge is 2.22. The maximum absolute atomic E-state index is 14.2. The van der Waals surface area contributed by atoms with E-state index < -0.39 is 11.1 Å². The molecule has 0 radical (unpaired) electrons. The van der Waals surface area contributed by atoms with Crippen LogP contribution in [0.25, 0.3) is 38.2 Å². The summed E-state index contributed by atoms with van der Waals surface area (Å²) in [5.74, 6) is 0. The summed E-state index contributed by atoms with van der Waals surface area (Å²) in [5, 5.41) is 5.00. The van der Waals surface area contributed by atoms with Crippen LogP contribution in [0.15, 0.2) is 101 Å². The van der Waals surface area contributed by atoms with Crippen molar-refractivity contribution in [3.63, 3.8) is 0 Å². The van der Waals surface area contributed by atoms with Crippen LogP contribution in [-0.4, -0.2) is 18.9 Å². The molecule has 3 heterocycles. The number of fused-ring (bicyclic) bond motifs is 3. The number of aryl methyl sites for hydroxylation is 1. The number of rotatable bonds is 3. The molecule has 170 valence electrons. The van der Waals surface area contributed by atoms with Crippen molar-refractivity contribution in [2.75, 3.05) is 0 Å². The lowest BCUT2D eigenvalue weighted by molar-refractivity contribution is 0.818. The number of benzene rings is 3. The second-order valence-electron chi connectivity index (χ2n) is 8.10. The van der Waals surface area contributed by atoms with Gasteiger partial charge in [0.25, 0.3) is 11.1 Å². The van der Waals surface area contributed by atoms with Crippen molar-refractivity contribution in [1.29, 1.82) is 0 Å². The molecule has 6 nitrogen and oxygen atoms in total. The first kappa shape index (κ1) is 21.4. The monoisotopic (exact) mass is 494 g/mol. The molecule has 0 aliphatic rings. The number of para-hydroxylation sites is 3. The third-order valence-corrected chi connectivity index (χ3v) is 7.41. The Hall–Kier alpha value is -4.14. The van der Waals surface area contributed by atoms with Crippen molar-refractivity contribution in [2.24, 2.45) is 0 Å². The number of nitrogens with zero attached hydrogens (tertiary/aromatic N) is 4. The summed E-state index contributed by atoms with van der Waals surface area (Å²) in [6.45, 7) is 1.94. The smallest absolute Gasteiger partial charge is 0.277 e. The molecule has 6 aromatic rings. The van der Waals surface area contributed by atoms with E-state index in [1.54, 1.807) is 22.9 Å². The second-order valence-corrected chi connectivity index (χ2v) is 9.75. The van der Waals surface area contributed by atoms with E-state index in [2.05, 4.69) is 5.10 Å². The fourth-order valence-electron chi connectivity index (χ4n) is 4.38. The second kappa shape index (κ2) is 8.26. The van der Waals surface area contributed by atoms with Crippen LogP contribution in [0, 0.1) is 10.9 Å². The third-order valence-electron chi connectivity index (χ3n) is 6.01. The van der Waals surface area contributed by atoms with Gasteiger partial charge in [-0.3, -0.25) is 18.7 Å². The summed E-state index contributed by atoms with van der Waals surface area (Å²) in [4.78, 5) is 27.9. The molecule has 0 unspecified atom stereocenters. The van der Waals surface area contributed by atoms with Crippen LogP contribution in [0.2, 0.25) is 0 Å². The van der Waals surface area contributed by atoms with Crippen LogP contribution >= 0.6 is 23.6 Å². The normalized spacial score (nSPS) is 11.3. The maximum Gasteiger partial charge on any atom is 0.285 e. The summed E-state index contributed by atoms with van der Waals surface area (Å²) in [6.07, 6.45) is 1.59. The molecule has 0 atom stereocenters. The molecule has 35 heavy (non-hydrogen) atoms. The van der Waals surface area contributed by atoms with Crippen molar-refractivity contribution in [2.45, 2.75) is 6.92 Å². The van der Waals surface area contributed by atoms with E-state index in [0.717, 1.165) is 16.0 Å². The summed E-state index contributed by atoms with van der Waals surface area (Å²) in [5.41, 5.74) is 2.79. The highest BCUT2D eigenvalue weighted by atomic mass is 32.1. The summed E-state index contributed by atoms with van der Waals surface area (Å²) in [6, 6.07) is 26.4. The number of pyridine rings is 1. The first-order valence-corrected chi connectivity index (χ1v) is 12.2. The number of hydrogen-bond acceptors (Lipinski definition) is 5. The van der Waals surface area contributed by atoms with Crippen molar-refractivity contribution >= 4 is 44.7 Å². The SMILES string of the molecule is Cc1ccccc1-n1c(=O)c2c(=O)n(-c3ccccc3)ncc2c2sc(=S)n(-c3ccccc3)c21. The molecule has 0 fully saturated rings. The first-order chi connectivity index (χ1) is 17.1. The van der Waals surface area contributed by atoms with E-state index in [4.69, 9.17) is 12.2 Å². The Bertz CT molecular complexity index is 1920. The van der Waals surface area contributed by atoms with Crippen molar-refractivity contribution in [3.05, 3.63) is 121 Å². The number of aromatic nitrogens is 4. The maximum atomic E-state index is 14.2. The zero-order valence-corrected chi connectivity index (χ0v) is 20.2. The zero-order chi connectivity index (χ0) is 24.1. The fourth-order valence-corrected chi connectivity index (χ4v) is 5.82. The van der Waals surface area contributed by atoms with Crippen molar-refractivity contribution in [3.8, 4) is 17.1 Å². The van der Waals surface area contributed by atoms with Gasteiger partial charge in [0.2, 0.25) is 0 Å². The molecular formula is C27H18N4O2S2. The molecule has 3 aromatic carbocycles. The summed E-state index contributed by atoms with van der Waals surface area (Å²) >= 11 is 7.15. The van der Waals surface area contributed by atoms with E-state index in [-0.39, 0.29) is 5.39 Å². The topological polar surface area (TPSA) is 61.8 Å². The highest BCUT2D eigenvalue weighted by Crippen LogP contribution is 2.32. The Morgan fingerprint density at radius 2 is 1.40 bits per heavy atom. The van der Waals surface area contributed by atoms with Crippen LogP contribution in [-0.2, 0) is 0 Å². The lowest BCUT2D eigenvalue weighted by Gasteiger charge is -2.15. The lowest BCUT2D eigenvalue weighted by atomic mass is 10.1. The van der Waals surface area contributed by atoms with Crippen molar-refractivity contribution in [1.82, 2.24) is 18.9 Å². The molecule has 0 N–H and O–H groups in total. The molecule has 8 heteroatoms. The van der Waals surface area contributed by atoms with Crippen molar-refractivity contribution < 1.29 is 0 Å². The number of hydrogen-bond donors (Lipinski definition) is 0. The Labute approximate surface area is 208 Å². The fraction of sp³-hybridized carbons (Fsp3) is 0.0370.